The summed E-state index contributed by atoms with van der Waals surface area (Å²) in [5.41, 5.74) is 3.27. The zero-order valence-corrected chi connectivity index (χ0v) is 15.6. The fourth-order valence-corrected chi connectivity index (χ4v) is 7.12. The molecule has 0 radical (unpaired) electrons. The van der Waals surface area contributed by atoms with E-state index in [1.165, 1.54) is 50.5 Å². The zero-order chi connectivity index (χ0) is 17.1. The fourth-order valence-electron chi connectivity index (χ4n) is 7.12. The summed E-state index contributed by atoms with van der Waals surface area (Å²) in [6.45, 7) is 6.03. The average molecular weight is 338 g/mol. The fraction of sp³-hybridized carbons (Fsp3) is 0.727. The molecule has 0 N–H and O–H groups in total. The van der Waals surface area contributed by atoms with Crippen molar-refractivity contribution in [3.8, 4) is 0 Å². The Bertz CT molecular complexity index is 687. The standard InChI is InChI=1S/C22H30N2O/c1-21-10-8-17-15(4-7-20-22(17,2)9-3-13-25-20)16(21)5-6-18(21)19-14-23-11-12-24-19/h6,11-12,14-17,20H,3-5,7-10,13H2,1-2H3/t15-,16-,17-,20-,21-,22+/m0/s1. The van der Waals surface area contributed by atoms with Gasteiger partial charge in [-0.25, -0.2) is 0 Å². The van der Waals surface area contributed by atoms with E-state index in [-0.39, 0.29) is 5.41 Å². The molecular weight excluding hydrogens is 308 g/mol. The number of hydrogen-bond acceptors (Lipinski definition) is 3. The number of nitrogens with zero attached hydrogens (tertiary/aromatic N) is 2. The second-order valence-electron chi connectivity index (χ2n) is 9.32. The first-order valence-electron chi connectivity index (χ1n) is 10.2. The molecule has 3 heteroatoms. The number of ether oxygens (including phenoxy) is 1. The molecule has 2 saturated carbocycles. The van der Waals surface area contributed by atoms with E-state index >= 15 is 0 Å². The summed E-state index contributed by atoms with van der Waals surface area (Å²) >= 11 is 0. The molecule has 5 rings (SSSR count). The van der Waals surface area contributed by atoms with Crippen LogP contribution in [0.3, 0.4) is 0 Å². The molecule has 1 aliphatic heterocycles. The maximum Gasteiger partial charge on any atom is 0.0847 e. The van der Waals surface area contributed by atoms with Crippen molar-refractivity contribution in [1.29, 1.82) is 0 Å². The van der Waals surface area contributed by atoms with Crippen molar-refractivity contribution < 1.29 is 4.74 Å². The molecule has 3 nitrogen and oxygen atoms in total. The number of hydrogen-bond donors (Lipinski definition) is 0. The van der Waals surface area contributed by atoms with Crippen LogP contribution in [0.2, 0.25) is 0 Å². The highest BCUT2D eigenvalue weighted by atomic mass is 16.5. The minimum absolute atomic E-state index is 0.288. The molecule has 2 heterocycles. The third-order valence-corrected chi connectivity index (χ3v) is 8.38. The van der Waals surface area contributed by atoms with E-state index in [1.54, 1.807) is 6.20 Å². The van der Waals surface area contributed by atoms with Gasteiger partial charge in [0.05, 0.1) is 18.0 Å². The van der Waals surface area contributed by atoms with Gasteiger partial charge in [-0.05, 0) is 79.1 Å². The lowest BCUT2D eigenvalue weighted by Crippen LogP contribution is -2.55. The highest BCUT2D eigenvalue weighted by molar-refractivity contribution is 5.70. The van der Waals surface area contributed by atoms with Crippen molar-refractivity contribution in [2.75, 3.05) is 6.61 Å². The van der Waals surface area contributed by atoms with Gasteiger partial charge in [-0.3, -0.25) is 9.97 Å². The molecule has 3 fully saturated rings. The van der Waals surface area contributed by atoms with Crippen LogP contribution in [0.15, 0.2) is 24.7 Å². The summed E-state index contributed by atoms with van der Waals surface area (Å²) in [5.74, 6) is 2.48. The van der Waals surface area contributed by atoms with E-state index < -0.39 is 0 Å². The lowest BCUT2D eigenvalue weighted by molar-refractivity contribution is -0.168. The Balaban J connectivity index is 1.46. The minimum Gasteiger partial charge on any atom is -0.378 e. The van der Waals surface area contributed by atoms with Crippen LogP contribution < -0.4 is 0 Å². The van der Waals surface area contributed by atoms with E-state index in [1.807, 2.05) is 12.4 Å². The molecule has 0 bridgehead atoms. The molecule has 4 aliphatic rings. The van der Waals surface area contributed by atoms with Crippen LogP contribution in [0.4, 0.5) is 0 Å². The summed E-state index contributed by atoms with van der Waals surface area (Å²) in [6.07, 6.45) is 17.7. The minimum atomic E-state index is 0.288. The first-order chi connectivity index (χ1) is 12.1. The predicted molar refractivity (Wildman–Crippen MR) is 98.8 cm³/mol. The van der Waals surface area contributed by atoms with Crippen LogP contribution in [0.5, 0.6) is 0 Å². The molecule has 0 aromatic carbocycles. The number of aromatic nitrogens is 2. The second kappa shape index (κ2) is 5.64. The van der Waals surface area contributed by atoms with Gasteiger partial charge in [0.1, 0.15) is 0 Å². The molecule has 1 saturated heterocycles. The molecule has 25 heavy (non-hydrogen) atoms. The molecule has 0 unspecified atom stereocenters. The van der Waals surface area contributed by atoms with Crippen LogP contribution in [0.1, 0.15) is 64.5 Å². The van der Waals surface area contributed by atoms with Gasteiger partial charge in [0.15, 0.2) is 0 Å². The van der Waals surface area contributed by atoms with E-state index in [9.17, 15) is 0 Å². The summed E-state index contributed by atoms with van der Waals surface area (Å²) in [6, 6.07) is 0. The summed E-state index contributed by atoms with van der Waals surface area (Å²) < 4.78 is 6.23. The normalized spacial score (nSPS) is 45.9. The molecule has 0 spiro atoms. The Morgan fingerprint density at radius 3 is 2.84 bits per heavy atom. The topological polar surface area (TPSA) is 35.0 Å². The van der Waals surface area contributed by atoms with E-state index in [2.05, 4.69) is 29.9 Å². The Hall–Kier alpha value is -1.22. The molecule has 3 aliphatic carbocycles. The van der Waals surface area contributed by atoms with Crippen molar-refractivity contribution in [3.05, 3.63) is 30.4 Å². The molecule has 134 valence electrons. The van der Waals surface area contributed by atoms with Crippen molar-refractivity contribution in [2.24, 2.45) is 28.6 Å². The Morgan fingerprint density at radius 2 is 2.00 bits per heavy atom. The summed E-state index contributed by atoms with van der Waals surface area (Å²) in [7, 11) is 0. The van der Waals surface area contributed by atoms with Crippen molar-refractivity contribution >= 4 is 5.57 Å². The highest BCUT2D eigenvalue weighted by Gasteiger charge is 2.58. The van der Waals surface area contributed by atoms with Gasteiger partial charge in [0.2, 0.25) is 0 Å². The van der Waals surface area contributed by atoms with Gasteiger partial charge in [-0.2, -0.15) is 0 Å². The van der Waals surface area contributed by atoms with Crippen LogP contribution in [-0.2, 0) is 4.74 Å². The van der Waals surface area contributed by atoms with Crippen LogP contribution >= 0.6 is 0 Å². The third-order valence-electron chi connectivity index (χ3n) is 8.38. The summed E-state index contributed by atoms with van der Waals surface area (Å²) in [4.78, 5) is 8.95. The first-order valence-corrected chi connectivity index (χ1v) is 10.2. The molecule has 1 aromatic rings. The Kier molecular flexibility index (Phi) is 3.61. The van der Waals surface area contributed by atoms with Gasteiger partial charge in [0.25, 0.3) is 0 Å². The highest BCUT2D eigenvalue weighted by Crippen LogP contribution is 2.65. The summed E-state index contributed by atoms with van der Waals surface area (Å²) in [5, 5.41) is 0. The lowest BCUT2D eigenvalue weighted by atomic mass is 9.47. The monoisotopic (exact) mass is 338 g/mol. The Labute approximate surface area is 151 Å². The predicted octanol–water partition coefficient (Wildman–Crippen LogP) is 4.89. The number of rotatable bonds is 1. The van der Waals surface area contributed by atoms with Gasteiger partial charge >= 0.3 is 0 Å². The Morgan fingerprint density at radius 1 is 1.08 bits per heavy atom. The smallest absolute Gasteiger partial charge is 0.0847 e. The molecule has 1 aromatic heterocycles. The van der Waals surface area contributed by atoms with Crippen molar-refractivity contribution in [2.45, 2.75) is 64.9 Å². The van der Waals surface area contributed by atoms with Crippen molar-refractivity contribution in [1.82, 2.24) is 9.97 Å². The van der Waals surface area contributed by atoms with Crippen molar-refractivity contribution in [3.63, 3.8) is 0 Å². The zero-order valence-electron chi connectivity index (χ0n) is 15.6. The number of fused-ring (bicyclic) bond motifs is 5. The van der Waals surface area contributed by atoms with Gasteiger partial charge < -0.3 is 4.74 Å². The maximum atomic E-state index is 6.23. The van der Waals surface area contributed by atoms with Crippen LogP contribution in [0.25, 0.3) is 5.57 Å². The van der Waals surface area contributed by atoms with E-state index in [0.717, 1.165) is 30.1 Å². The number of allylic oxidation sites excluding steroid dienone is 2. The maximum absolute atomic E-state index is 6.23. The third kappa shape index (κ3) is 2.21. The lowest BCUT2D eigenvalue weighted by Gasteiger charge is -2.59. The van der Waals surface area contributed by atoms with Gasteiger partial charge in [-0.1, -0.05) is 19.9 Å². The van der Waals surface area contributed by atoms with Crippen LogP contribution in [0, 0.1) is 28.6 Å². The average Bonchev–Trinajstić information content (AvgIpc) is 2.99. The second-order valence-corrected chi connectivity index (χ2v) is 9.32. The van der Waals surface area contributed by atoms with Gasteiger partial charge in [-0.15, -0.1) is 0 Å². The van der Waals surface area contributed by atoms with E-state index in [4.69, 9.17) is 4.74 Å². The SMILES string of the molecule is C[C@]12CCCO[C@H]1CC[C@@H]1[C@@H]2CC[C@]2(C)C(c3cnccn3)=CC[C@@H]12. The molecular formula is C22H30N2O. The first kappa shape index (κ1) is 16.0. The molecule has 0 amide bonds. The van der Waals surface area contributed by atoms with Crippen LogP contribution in [-0.4, -0.2) is 22.7 Å². The quantitative estimate of drug-likeness (QED) is 0.731. The molecule has 6 atom stereocenters. The van der Waals surface area contributed by atoms with E-state index in [0.29, 0.717) is 11.5 Å². The largest absolute Gasteiger partial charge is 0.378 e. The van der Waals surface area contributed by atoms with Gasteiger partial charge in [0, 0.05) is 19.0 Å².